The Hall–Kier alpha value is -1.27. The van der Waals surface area contributed by atoms with Gasteiger partial charge in [0.05, 0.1) is 12.2 Å². The van der Waals surface area contributed by atoms with Gasteiger partial charge >= 0.3 is 0 Å². The zero-order valence-corrected chi connectivity index (χ0v) is 8.82. The molecular formula is C8H11N5S. The number of aromatic nitrogens is 4. The van der Waals surface area contributed by atoms with Gasteiger partial charge in [0.25, 0.3) is 0 Å². The Morgan fingerprint density at radius 1 is 1.57 bits per heavy atom. The molecule has 1 unspecified atom stereocenters. The van der Waals surface area contributed by atoms with E-state index < -0.39 is 0 Å². The van der Waals surface area contributed by atoms with Gasteiger partial charge in [-0.2, -0.15) is 0 Å². The first-order chi connectivity index (χ1) is 6.81. The fourth-order valence-electron chi connectivity index (χ4n) is 1.31. The number of nitrogens with one attached hydrogen (secondary N) is 1. The minimum atomic E-state index is 0.0937. The molecule has 1 N–H and O–H groups in total. The van der Waals surface area contributed by atoms with E-state index in [2.05, 4.69) is 20.0 Å². The van der Waals surface area contributed by atoms with Gasteiger partial charge in [-0.15, -0.1) is 5.10 Å². The van der Waals surface area contributed by atoms with Crippen LogP contribution in [-0.2, 0) is 7.05 Å². The van der Waals surface area contributed by atoms with Gasteiger partial charge in [0.15, 0.2) is 0 Å². The van der Waals surface area contributed by atoms with Crippen molar-refractivity contribution in [2.75, 3.05) is 7.05 Å². The van der Waals surface area contributed by atoms with E-state index in [1.54, 1.807) is 10.9 Å². The molecule has 0 spiro atoms. The summed E-state index contributed by atoms with van der Waals surface area (Å²) < 4.78 is 5.77. The quantitative estimate of drug-likeness (QED) is 0.803. The summed E-state index contributed by atoms with van der Waals surface area (Å²) in [5.41, 5.74) is 0.916. The van der Waals surface area contributed by atoms with Crippen molar-refractivity contribution < 1.29 is 0 Å². The van der Waals surface area contributed by atoms with E-state index >= 15 is 0 Å². The second kappa shape index (κ2) is 3.85. The average molecular weight is 209 g/mol. The van der Waals surface area contributed by atoms with Gasteiger partial charge in [-0.1, -0.05) is 5.21 Å². The Balaban J connectivity index is 2.31. The molecule has 0 aromatic carbocycles. The largest absolute Gasteiger partial charge is 0.307 e. The number of aryl methyl sites for hydroxylation is 1. The monoisotopic (exact) mass is 209 g/mol. The highest BCUT2D eigenvalue weighted by Crippen LogP contribution is 2.21. The molecule has 2 aromatic rings. The predicted octanol–water partition coefficient (Wildman–Crippen LogP) is 0.580. The van der Waals surface area contributed by atoms with Crippen molar-refractivity contribution in [3.05, 3.63) is 29.0 Å². The molecule has 2 aromatic heterocycles. The Morgan fingerprint density at radius 2 is 2.43 bits per heavy atom. The summed E-state index contributed by atoms with van der Waals surface area (Å²) in [5, 5.41) is 11.2. The van der Waals surface area contributed by atoms with Crippen molar-refractivity contribution in [1.82, 2.24) is 24.7 Å². The maximum atomic E-state index is 4.07. The van der Waals surface area contributed by atoms with E-state index in [1.807, 2.05) is 26.4 Å². The van der Waals surface area contributed by atoms with E-state index in [4.69, 9.17) is 0 Å². The van der Waals surface area contributed by atoms with E-state index in [9.17, 15) is 0 Å². The summed E-state index contributed by atoms with van der Waals surface area (Å²) in [6.45, 7) is 0. The third kappa shape index (κ3) is 1.66. The van der Waals surface area contributed by atoms with Crippen LogP contribution in [0.2, 0.25) is 0 Å². The van der Waals surface area contributed by atoms with Crippen LogP contribution in [0.25, 0.3) is 0 Å². The smallest absolute Gasteiger partial charge is 0.105 e. The van der Waals surface area contributed by atoms with Gasteiger partial charge < -0.3 is 5.32 Å². The van der Waals surface area contributed by atoms with Gasteiger partial charge in [0, 0.05) is 18.1 Å². The minimum Gasteiger partial charge on any atom is -0.307 e. The zero-order chi connectivity index (χ0) is 9.97. The fourth-order valence-corrected chi connectivity index (χ4v) is 2.02. The Labute approximate surface area is 85.9 Å². The van der Waals surface area contributed by atoms with Crippen LogP contribution in [0.15, 0.2) is 18.5 Å². The first kappa shape index (κ1) is 9.29. The Morgan fingerprint density at radius 3 is 2.93 bits per heavy atom. The molecule has 0 aliphatic carbocycles. The third-order valence-corrected chi connectivity index (χ3v) is 2.76. The van der Waals surface area contributed by atoms with Crippen LogP contribution in [-0.4, -0.2) is 26.4 Å². The van der Waals surface area contributed by atoms with Crippen LogP contribution in [0.1, 0.15) is 16.6 Å². The van der Waals surface area contributed by atoms with Crippen molar-refractivity contribution in [3.63, 3.8) is 0 Å². The van der Waals surface area contributed by atoms with Crippen molar-refractivity contribution in [2.24, 2.45) is 7.05 Å². The highest BCUT2D eigenvalue weighted by molar-refractivity contribution is 7.05. The summed E-state index contributed by atoms with van der Waals surface area (Å²) in [6, 6.07) is 2.08. The molecule has 74 valence electrons. The second-order valence-corrected chi connectivity index (χ2v) is 3.82. The lowest BCUT2D eigenvalue weighted by atomic mass is 10.2. The van der Waals surface area contributed by atoms with E-state index in [-0.39, 0.29) is 6.04 Å². The van der Waals surface area contributed by atoms with Crippen LogP contribution < -0.4 is 5.32 Å². The van der Waals surface area contributed by atoms with Crippen LogP contribution in [0, 0.1) is 0 Å². The molecule has 0 amide bonds. The molecule has 1 atom stereocenters. The van der Waals surface area contributed by atoms with Crippen molar-refractivity contribution >= 4 is 11.5 Å². The van der Waals surface area contributed by atoms with Gasteiger partial charge in [-0.3, -0.25) is 4.68 Å². The van der Waals surface area contributed by atoms with E-state index in [0.29, 0.717) is 0 Å². The maximum absolute atomic E-state index is 4.07. The predicted molar refractivity (Wildman–Crippen MR) is 54.0 cm³/mol. The van der Waals surface area contributed by atoms with Crippen molar-refractivity contribution in [2.45, 2.75) is 6.04 Å². The van der Waals surface area contributed by atoms with Gasteiger partial charge in [-0.05, 0) is 24.6 Å². The van der Waals surface area contributed by atoms with Crippen molar-refractivity contribution in [3.8, 4) is 0 Å². The second-order valence-electron chi connectivity index (χ2n) is 2.95. The molecule has 0 saturated carbocycles. The lowest BCUT2D eigenvalue weighted by Crippen LogP contribution is -2.16. The lowest BCUT2D eigenvalue weighted by Gasteiger charge is -2.09. The summed E-state index contributed by atoms with van der Waals surface area (Å²) in [5.74, 6) is 0. The van der Waals surface area contributed by atoms with Crippen LogP contribution in [0.3, 0.4) is 0 Å². The number of hydrogen-bond acceptors (Lipinski definition) is 5. The first-order valence-electron chi connectivity index (χ1n) is 4.25. The van der Waals surface area contributed by atoms with Crippen LogP contribution in [0.5, 0.6) is 0 Å². The number of rotatable bonds is 3. The first-order valence-corrected chi connectivity index (χ1v) is 5.02. The van der Waals surface area contributed by atoms with Crippen molar-refractivity contribution in [1.29, 1.82) is 0 Å². The number of hydrogen-bond donors (Lipinski definition) is 1. The fraction of sp³-hybridized carbons (Fsp3) is 0.375. The van der Waals surface area contributed by atoms with Crippen LogP contribution in [0.4, 0.5) is 0 Å². The third-order valence-electron chi connectivity index (χ3n) is 1.95. The van der Waals surface area contributed by atoms with Gasteiger partial charge in [0.2, 0.25) is 0 Å². The van der Waals surface area contributed by atoms with E-state index in [0.717, 1.165) is 10.6 Å². The molecule has 0 aliphatic heterocycles. The molecule has 0 aliphatic rings. The van der Waals surface area contributed by atoms with Crippen LogP contribution >= 0.6 is 11.5 Å². The molecule has 5 nitrogen and oxygen atoms in total. The lowest BCUT2D eigenvalue weighted by molar-refractivity contribution is 0.673. The highest BCUT2D eigenvalue weighted by atomic mass is 32.1. The Bertz CT molecular complexity index is 394. The normalized spacial score (nSPS) is 13.0. The Kier molecular flexibility index (Phi) is 2.55. The topological polar surface area (TPSA) is 55.6 Å². The summed E-state index contributed by atoms with van der Waals surface area (Å²) >= 11 is 1.47. The SMILES string of the molecule is CNC(c1cn(C)nn1)c1ccns1. The molecule has 0 saturated heterocycles. The zero-order valence-electron chi connectivity index (χ0n) is 8.01. The molecule has 6 heteroatoms. The van der Waals surface area contributed by atoms with Gasteiger partial charge in [0.1, 0.15) is 5.69 Å². The average Bonchev–Trinajstić information content (AvgIpc) is 2.79. The highest BCUT2D eigenvalue weighted by Gasteiger charge is 2.16. The molecule has 0 radical (unpaired) electrons. The molecule has 14 heavy (non-hydrogen) atoms. The summed E-state index contributed by atoms with van der Waals surface area (Å²) in [4.78, 5) is 1.15. The molecular weight excluding hydrogens is 198 g/mol. The standard InChI is InChI=1S/C8H11N5S/c1-9-8(7-3-4-10-14-7)6-5-13(2)12-11-6/h3-5,8-9H,1-2H3. The van der Waals surface area contributed by atoms with Gasteiger partial charge in [-0.25, -0.2) is 4.37 Å². The minimum absolute atomic E-state index is 0.0937. The maximum Gasteiger partial charge on any atom is 0.105 e. The number of nitrogens with zero attached hydrogens (tertiary/aromatic N) is 4. The molecule has 0 fully saturated rings. The molecule has 2 rings (SSSR count). The van der Waals surface area contributed by atoms with E-state index in [1.165, 1.54) is 11.5 Å². The molecule has 0 bridgehead atoms. The summed E-state index contributed by atoms with van der Waals surface area (Å²) in [7, 11) is 3.76. The molecule has 2 heterocycles. The summed E-state index contributed by atoms with van der Waals surface area (Å²) in [6.07, 6.45) is 3.70.